The van der Waals surface area contributed by atoms with Crippen molar-refractivity contribution in [2.45, 2.75) is 26.3 Å². The van der Waals surface area contributed by atoms with Gasteiger partial charge in [-0.1, -0.05) is 23.5 Å². The van der Waals surface area contributed by atoms with Gasteiger partial charge in [0.25, 0.3) is 0 Å². The van der Waals surface area contributed by atoms with Crippen molar-refractivity contribution >= 4 is 11.5 Å². The third-order valence-electron chi connectivity index (χ3n) is 3.14. The molecule has 0 spiro atoms. The van der Waals surface area contributed by atoms with Gasteiger partial charge in [-0.25, -0.2) is 4.39 Å². The Morgan fingerprint density at radius 3 is 2.85 bits per heavy atom. The lowest BCUT2D eigenvalue weighted by Crippen LogP contribution is -2.23. The molecule has 0 aliphatic heterocycles. The Labute approximate surface area is 122 Å². The number of likely N-dealkylation sites (N-methyl/N-ethyl adjacent to an activating group) is 1. The fourth-order valence-electron chi connectivity index (χ4n) is 2.15. The molecule has 0 bridgehead atoms. The van der Waals surface area contributed by atoms with Crippen LogP contribution in [-0.2, 0) is 6.42 Å². The SMILES string of the molecule is CCNC(Cc1cccc(OC)c1F)c1snnc1C. The summed E-state index contributed by atoms with van der Waals surface area (Å²) in [5.41, 5.74) is 1.52. The number of hydrogen-bond acceptors (Lipinski definition) is 5. The van der Waals surface area contributed by atoms with E-state index >= 15 is 0 Å². The molecule has 0 fully saturated rings. The number of nitrogens with one attached hydrogen (secondary N) is 1. The maximum Gasteiger partial charge on any atom is 0.168 e. The largest absolute Gasteiger partial charge is 0.494 e. The second-order valence-corrected chi connectivity index (χ2v) is 5.26. The molecule has 2 rings (SSSR count). The Hall–Kier alpha value is -1.53. The maximum atomic E-state index is 14.2. The Balaban J connectivity index is 2.27. The third-order valence-corrected chi connectivity index (χ3v) is 4.08. The molecular formula is C14H18FN3OS. The maximum absolute atomic E-state index is 14.2. The minimum Gasteiger partial charge on any atom is -0.494 e. The molecule has 1 aromatic carbocycles. The molecule has 0 saturated carbocycles. The van der Waals surface area contributed by atoms with Crippen LogP contribution < -0.4 is 10.1 Å². The quantitative estimate of drug-likeness (QED) is 0.890. The molecule has 0 amide bonds. The van der Waals surface area contributed by atoms with Gasteiger partial charge in [-0.2, -0.15) is 0 Å². The fourth-order valence-corrected chi connectivity index (χ4v) is 2.87. The van der Waals surface area contributed by atoms with Crippen LogP contribution in [0.2, 0.25) is 0 Å². The molecule has 1 atom stereocenters. The summed E-state index contributed by atoms with van der Waals surface area (Å²) in [6.07, 6.45) is 0.543. The van der Waals surface area contributed by atoms with Crippen molar-refractivity contribution in [1.82, 2.24) is 14.9 Å². The monoisotopic (exact) mass is 295 g/mol. The van der Waals surface area contributed by atoms with Gasteiger partial charge in [0.2, 0.25) is 0 Å². The van der Waals surface area contributed by atoms with Crippen molar-refractivity contribution in [1.29, 1.82) is 0 Å². The topological polar surface area (TPSA) is 47.0 Å². The third kappa shape index (κ3) is 3.13. The lowest BCUT2D eigenvalue weighted by Gasteiger charge is -2.17. The predicted octanol–water partition coefficient (Wildman–Crippen LogP) is 2.89. The molecule has 1 aromatic heterocycles. The van der Waals surface area contributed by atoms with Crippen LogP contribution in [-0.4, -0.2) is 23.2 Å². The first-order valence-electron chi connectivity index (χ1n) is 6.51. The molecule has 0 radical (unpaired) electrons. The van der Waals surface area contributed by atoms with Crippen LogP contribution in [0.4, 0.5) is 4.39 Å². The molecule has 1 heterocycles. The average molecular weight is 295 g/mol. The number of nitrogens with zero attached hydrogens (tertiary/aromatic N) is 2. The second-order valence-electron chi connectivity index (χ2n) is 4.47. The number of ether oxygens (including phenoxy) is 1. The van der Waals surface area contributed by atoms with E-state index in [0.29, 0.717) is 12.0 Å². The zero-order chi connectivity index (χ0) is 14.5. The summed E-state index contributed by atoms with van der Waals surface area (Å²) in [6, 6.07) is 5.23. The highest BCUT2D eigenvalue weighted by Crippen LogP contribution is 2.27. The number of methoxy groups -OCH3 is 1. The van der Waals surface area contributed by atoms with Crippen LogP contribution >= 0.6 is 11.5 Å². The molecule has 6 heteroatoms. The van der Waals surface area contributed by atoms with Crippen molar-refractivity contribution in [3.05, 3.63) is 40.2 Å². The zero-order valence-corrected chi connectivity index (χ0v) is 12.6. The van der Waals surface area contributed by atoms with Crippen LogP contribution in [0.1, 0.15) is 29.1 Å². The highest BCUT2D eigenvalue weighted by molar-refractivity contribution is 7.05. The molecule has 1 N–H and O–H groups in total. The lowest BCUT2D eigenvalue weighted by atomic mass is 10.0. The van der Waals surface area contributed by atoms with Gasteiger partial charge >= 0.3 is 0 Å². The van der Waals surface area contributed by atoms with Crippen LogP contribution in [0, 0.1) is 12.7 Å². The standard InChI is InChI=1S/C14H18FN3OS/c1-4-16-11(14-9(2)17-18-20-14)8-10-6-5-7-12(19-3)13(10)15/h5-7,11,16H,4,8H2,1-3H3. The van der Waals surface area contributed by atoms with Gasteiger partial charge in [0.15, 0.2) is 11.6 Å². The van der Waals surface area contributed by atoms with Crippen molar-refractivity contribution in [3.63, 3.8) is 0 Å². The van der Waals surface area contributed by atoms with E-state index in [4.69, 9.17) is 4.74 Å². The molecule has 0 saturated heterocycles. The first kappa shape index (κ1) is 14.9. The molecule has 20 heavy (non-hydrogen) atoms. The Morgan fingerprint density at radius 1 is 1.45 bits per heavy atom. The van der Waals surface area contributed by atoms with Crippen molar-refractivity contribution in [2.75, 3.05) is 13.7 Å². The van der Waals surface area contributed by atoms with E-state index < -0.39 is 0 Å². The molecule has 2 aromatic rings. The van der Waals surface area contributed by atoms with Crippen LogP contribution in [0.5, 0.6) is 5.75 Å². The van der Waals surface area contributed by atoms with Crippen molar-refractivity contribution < 1.29 is 9.13 Å². The van der Waals surface area contributed by atoms with Gasteiger partial charge in [0.05, 0.1) is 17.7 Å². The van der Waals surface area contributed by atoms with Crippen LogP contribution in [0.25, 0.3) is 0 Å². The summed E-state index contributed by atoms with van der Waals surface area (Å²) in [5.74, 6) is -0.0232. The second kappa shape index (κ2) is 6.76. The highest BCUT2D eigenvalue weighted by atomic mass is 32.1. The van der Waals surface area contributed by atoms with Gasteiger partial charge in [-0.15, -0.1) is 5.10 Å². The van der Waals surface area contributed by atoms with E-state index in [0.717, 1.165) is 17.1 Å². The summed E-state index contributed by atoms with van der Waals surface area (Å²) in [5, 5.41) is 7.39. The number of aryl methyl sites for hydroxylation is 1. The van der Waals surface area contributed by atoms with E-state index in [-0.39, 0.29) is 17.6 Å². The Kier molecular flexibility index (Phi) is 5.03. The van der Waals surface area contributed by atoms with E-state index in [1.54, 1.807) is 18.2 Å². The van der Waals surface area contributed by atoms with E-state index in [1.165, 1.54) is 18.6 Å². The number of halogens is 1. The molecule has 0 aliphatic rings. The summed E-state index contributed by atoms with van der Waals surface area (Å²) < 4.78 is 23.2. The van der Waals surface area contributed by atoms with Gasteiger partial charge in [0.1, 0.15) is 0 Å². The smallest absolute Gasteiger partial charge is 0.168 e. The first-order valence-corrected chi connectivity index (χ1v) is 7.28. The fraction of sp³-hybridized carbons (Fsp3) is 0.429. The molecular weight excluding hydrogens is 277 g/mol. The highest BCUT2D eigenvalue weighted by Gasteiger charge is 2.19. The first-order chi connectivity index (χ1) is 9.67. The Morgan fingerprint density at radius 2 is 2.25 bits per heavy atom. The molecule has 4 nitrogen and oxygen atoms in total. The van der Waals surface area contributed by atoms with Crippen LogP contribution in [0.3, 0.4) is 0 Å². The summed E-state index contributed by atoms with van der Waals surface area (Å²) in [7, 11) is 1.47. The average Bonchev–Trinajstić information content (AvgIpc) is 2.86. The lowest BCUT2D eigenvalue weighted by molar-refractivity contribution is 0.382. The predicted molar refractivity (Wildman–Crippen MR) is 77.7 cm³/mol. The van der Waals surface area contributed by atoms with Crippen molar-refractivity contribution in [3.8, 4) is 5.75 Å². The number of benzene rings is 1. The molecule has 0 aliphatic carbocycles. The normalized spacial score (nSPS) is 12.4. The van der Waals surface area contributed by atoms with Gasteiger partial charge in [0, 0.05) is 6.04 Å². The number of hydrogen-bond donors (Lipinski definition) is 1. The Bertz CT molecular complexity index is 573. The summed E-state index contributed by atoms with van der Waals surface area (Å²) in [4.78, 5) is 1.05. The van der Waals surface area contributed by atoms with Crippen LogP contribution in [0.15, 0.2) is 18.2 Å². The minimum atomic E-state index is -0.298. The van der Waals surface area contributed by atoms with Crippen molar-refractivity contribution in [2.24, 2.45) is 0 Å². The summed E-state index contributed by atoms with van der Waals surface area (Å²) >= 11 is 1.36. The molecule has 108 valence electrons. The molecule has 1 unspecified atom stereocenters. The van der Waals surface area contributed by atoms with E-state index in [1.807, 2.05) is 13.8 Å². The van der Waals surface area contributed by atoms with E-state index in [9.17, 15) is 4.39 Å². The van der Waals surface area contributed by atoms with Gasteiger partial charge < -0.3 is 10.1 Å². The summed E-state index contributed by atoms with van der Waals surface area (Å²) in [6.45, 7) is 4.75. The van der Waals surface area contributed by atoms with Gasteiger partial charge in [-0.05, 0) is 43.1 Å². The minimum absolute atomic E-state index is 0.0154. The number of rotatable bonds is 6. The number of aromatic nitrogens is 2. The van der Waals surface area contributed by atoms with E-state index in [2.05, 4.69) is 14.9 Å². The van der Waals surface area contributed by atoms with Gasteiger partial charge in [-0.3, -0.25) is 0 Å². The zero-order valence-electron chi connectivity index (χ0n) is 11.8.